The van der Waals surface area contributed by atoms with E-state index in [9.17, 15) is 0 Å². The second-order valence-electron chi connectivity index (χ2n) is 7.14. The maximum Gasteiger partial charge on any atom is 0.155 e. The maximum absolute atomic E-state index is 6.34. The molecule has 0 aromatic carbocycles. The van der Waals surface area contributed by atoms with Crippen LogP contribution in [0, 0.1) is 5.92 Å². The summed E-state index contributed by atoms with van der Waals surface area (Å²) in [5.41, 5.74) is 0. The standard InChI is InChI=1S/C15H34N2O/c1-6-7-10-17(11-8-9-15(2)14-17)18-13-12-16(3,4)5/h15H,6-14H2,1-5H3/q+2. The molecule has 0 aliphatic carbocycles. The van der Waals surface area contributed by atoms with Gasteiger partial charge in [-0.05, 0) is 19.3 Å². The van der Waals surface area contributed by atoms with Gasteiger partial charge in [0.1, 0.15) is 26.2 Å². The lowest BCUT2D eigenvalue weighted by atomic mass is 9.99. The number of unbranched alkanes of at least 4 members (excludes halogenated alkanes) is 1. The monoisotopic (exact) mass is 258 g/mol. The summed E-state index contributed by atoms with van der Waals surface area (Å²) < 4.78 is 1.92. The van der Waals surface area contributed by atoms with Crippen LogP contribution >= 0.6 is 0 Å². The van der Waals surface area contributed by atoms with E-state index in [1.807, 2.05) is 0 Å². The number of hydroxylamine groups is 3. The Kier molecular flexibility index (Phi) is 6.09. The van der Waals surface area contributed by atoms with Gasteiger partial charge in [0.15, 0.2) is 6.61 Å². The summed E-state index contributed by atoms with van der Waals surface area (Å²) in [5, 5.41) is 0. The first kappa shape index (κ1) is 15.9. The van der Waals surface area contributed by atoms with Crippen molar-refractivity contribution < 1.29 is 14.0 Å². The van der Waals surface area contributed by atoms with Gasteiger partial charge in [0.05, 0.1) is 21.1 Å². The van der Waals surface area contributed by atoms with Gasteiger partial charge < -0.3 is 4.48 Å². The lowest BCUT2D eigenvalue weighted by Crippen LogP contribution is -2.55. The van der Waals surface area contributed by atoms with E-state index in [1.165, 1.54) is 45.3 Å². The van der Waals surface area contributed by atoms with Crippen molar-refractivity contribution in [3.8, 4) is 0 Å². The molecule has 0 saturated carbocycles. The van der Waals surface area contributed by atoms with Crippen LogP contribution in [0.25, 0.3) is 0 Å². The van der Waals surface area contributed by atoms with E-state index in [1.54, 1.807) is 0 Å². The van der Waals surface area contributed by atoms with Gasteiger partial charge in [-0.2, -0.15) is 9.48 Å². The Hall–Kier alpha value is -0.120. The fourth-order valence-electron chi connectivity index (χ4n) is 2.82. The smallest absolute Gasteiger partial charge is 0.155 e. The molecule has 0 amide bonds. The Balaban J connectivity index is 2.49. The average molecular weight is 258 g/mol. The average Bonchev–Trinajstić information content (AvgIpc) is 2.25. The topological polar surface area (TPSA) is 9.23 Å². The Morgan fingerprint density at radius 3 is 2.56 bits per heavy atom. The molecule has 0 aromatic rings. The van der Waals surface area contributed by atoms with Gasteiger partial charge in [0.2, 0.25) is 0 Å². The van der Waals surface area contributed by atoms with E-state index in [4.69, 9.17) is 4.84 Å². The minimum absolute atomic E-state index is 0.819. The van der Waals surface area contributed by atoms with Crippen LogP contribution in [0.4, 0.5) is 0 Å². The Labute approximate surface area is 114 Å². The highest BCUT2D eigenvalue weighted by Gasteiger charge is 2.35. The van der Waals surface area contributed by atoms with E-state index in [0.29, 0.717) is 0 Å². The number of likely N-dealkylation sites (N-methyl/N-ethyl adjacent to an activating group) is 1. The molecule has 2 atom stereocenters. The molecule has 1 aliphatic rings. The van der Waals surface area contributed by atoms with Crippen molar-refractivity contribution in [1.82, 2.24) is 0 Å². The number of piperidine rings is 1. The second-order valence-corrected chi connectivity index (χ2v) is 7.14. The van der Waals surface area contributed by atoms with Crippen LogP contribution in [0.5, 0.6) is 0 Å². The molecule has 1 heterocycles. The summed E-state index contributed by atoms with van der Waals surface area (Å²) in [6, 6.07) is 0. The highest BCUT2D eigenvalue weighted by atomic mass is 16.7. The van der Waals surface area contributed by atoms with Crippen molar-refractivity contribution in [3.63, 3.8) is 0 Å². The van der Waals surface area contributed by atoms with E-state index in [2.05, 4.69) is 35.0 Å². The molecule has 2 unspecified atom stereocenters. The van der Waals surface area contributed by atoms with Gasteiger partial charge in [0.25, 0.3) is 0 Å². The lowest BCUT2D eigenvalue weighted by molar-refractivity contribution is -1.11. The molecule has 1 rings (SSSR count). The van der Waals surface area contributed by atoms with Crippen LogP contribution in [0.3, 0.4) is 0 Å². The largest absolute Gasteiger partial charge is 0.329 e. The third-order valence-corrected chi connectivity index (χ3v) is 3.95. The van der Waals surface area contributed by atoms with Crippen molar-refractivity contribution in [3.05, 3.63) is 0 Å². The summed E-state index contributed by atoms with van der Waals surface area (Å²) in [6.45, 7) is 10.3. The number of quaternary nitrogens is 2. The van der Waals surface area contributed by atoms with Gasteiger partial charge in [-0.25, -0.2) is 0 Å². The third kappa shape index (κ3) is 5.68. The van der Waals surface area contributed by atoms with Crippen LogP contribution in [0.1, 0.15) is 39.5 Å². The zero-order valence-corrected chi connectivity index (χ0v) is 13.2. The molecule has 0 spiro atoms. The molecule has 0 radical (unpaired) electrons. The summed E-state index contributed by atoms with van der Waals surface area (Å²) in [4.78, 5) is 6.34. The molecule has 3 nitrogen and oxygen atoms in total. The Morgan fingerprint density at radius 2 is 2.00 bits per heavy atom. The third-order valence-electron chi connectivity index (χ3n) is 3.95. The van der Waals surface area contributed by atoms with Crippen LogP contribution < -0.4 is 0 Å². The SMILES string of the molecule is CCCC[N+]1(OCC[N+](C)(C)C)CCCC(C)C1. The van der Waals surface area contributed by atoms with E-state index < -0.39 is 0 Å². The molecular formula is C15H34N2O+2. The lowest BCUT2D eigenvalue weighted by Gasteiger charge is -2.41. The van der Waals surface area contributed by atoms with Gasteiger partial charge in [-0.1, -0.05) is 20.3 Å². The van der Waals surface area contributed by atoms with Gasteiger partial charge in [-0.15, -0.1) is 0 Å². The fourth-order valence-corrected chi connectivity index (χ4v) is 2.82. The van der Waals surface area contributed by atoms with Crippen LogP contribution in [0.15, 0.2) is 0 Å². The van der Waals surface area contributed by atoms with Gasteiger partial charge in [0, 0.05) is 5.92 Å². The van der Waals surface area contributed by atoms with Crippen molar-refractivity contribution in [2.45, 2.75) is 39.5 Å². The highest BCUT2D eigenvalue weighted by molar-refractivity contribution is 4.58. The van der Waals surface area contributed by atoms with Crippen molar-refractivity contribution in [1.29, 1.82) is 0 Å². The predicted molar refractivity (Wildman–Crippen MR) is 77.0 cm³/mol. The number of nitrogens with zero attached hydrogens (tertiary/aromatic N) is 2. The predicted octanol–water partition coefficient (Wildman–Crippen LogP) is 2.67. The molecular weight excluding hydrogens is 224 g/mol. The quantitative estimate of drug-likeness (QED) is 0.638. The summed E-state index contributed by atoms with van der Waals surface area (Å²) in [7, 11) is 6.70. The molecule has 1 saturated heterocycles. The van der Waals surface area contributed by atoms with Crippen LogP contribution in [-0.4, -0.2) is 63.1 Å². The zero-order chi connectivity index (χ0) is 13.6. The molecule has 0 N–H and O–H groups in total. The normalized spacial score (nSPS) is 29.5. The van der Waals surface area contributed by atoms with Crippen molar-refractivity contribution in [2.24, 2.45) is 5.92 Å². The summed E-state index contributed by atoms with van der Waals surface area (Å²) in [5.74, 6) is 0.819. The number of rotatable bonds is 7. The second kappa shape index (κ2) is 6.88. The first-order valence-electron chi connectivity index (χ1n) is 7.68. The first-order chi connectivity index (χ1) is 8.37. The summed E-state index contributed by atoms with van der Waals surface area (Å²) >= 11 is 0. The Bertz CT molecular complexity index is 237. The van der Waals surface area contributed by atoms with Crippen LogP contribution in [-0.2, 0) is 4.84 Å². The molecule has 3 heteroatoms. The van der Waals surface area contributed by atoms with E-state index in [0.717, 1.165) is 28.2 Å². The number of likely N-dealkylation sites (tertiary alicyclic amines) is 1. The number of hydrogen-bond acceptors (Lipinski definition) is 1. The molecule has 108 valence electrons. The maximum atomic E-state index is 6.34. The van der Waals surface area contributed by atoms with Crippen molar-refractivity contribution >= 4 is 0 Å². The summed E-state index contributed by atoms with van der Waals surface area (Å²) in [6.07, 6.45) is 5.27. The van der Waals surface area contributed by atoms with Gasteiger partial charge in [-0.3, -0.25) is 0 Å². The van der Waals surface area contributed by atoms with E-state index >= 15 is 0 Å². The minimum atomic E-state index is 0.819. The van der Waals surface area contributed by atoms with Crippen LogP contribution in [0.2, 0.25) is 0 Å². The molecule has 0 bridgehead atoms. The number of hydrogen-bond donors (Lipinski definition) is 0. The van der Waals surface area contributed by atoms with Crippen molar-refractivity contribution in [2.75, 3.05) is 53.9 Å². The first-order valence-corrected chi connectivity index (χ1v) is 7.68. The Morgan fingerprint density at radius 1 is 1.28 bits per heavy atom. The fraction of sp³-hybridized carbons (Fsp3) is 1.00. The van der Waals surface area contributed by atoms with Gasteiger partial charge >= 0.3 is 0 Å². The molecule has 18 heavy (non-hydrogen) atoms. The minimum Gasteiger partial charge on any atom is -0.329 e. The zero-order valence-electron chi connectivity index (χ0n) is 13.2. The molecule has 1 aliphatic heterocycles. The molecule has 0 aromatic heterocycles. The molecule has 1 fully saturated rings. The highest BCUT2D eigenvalue weighted by Crippen LogP contribution is 2.25. The van der Waals surface area contributed by atoms with E-state index in [-0.39, 0.29) is 0 Å².